The molecule has 2 amide bonds. The first-order valence-electron chi connectivity index (χ1n) is 11.5. The minimum Gasteiger partial charge on any atom is -0.484 e. The number of furan rings is 1. The second-order valence-electron chi connectivity index (χ2n) is 8.26. The molecule has 2 aromatic carbocycles. The van der Waals surface area contributed by atoms with Gasteiger partial charge < -0.3 is 19.0 Å². The zero-order chi connectivity index (χ0) is 23.4. The predicted octanol–water partition coefficient (Wildman–Crippen LogP) is 4.62. The third-order valence-electron chi connectivity index (χ3n) is 6.17. The Morgan fingerprint density at radius 2 is 1.91 bits per heavy atom. The molecule has 1 aliphatic heterocycles. The lowest BCUT2D eigenvalue weighted by atomic mass is 9.87. The smallest absolute Gasteiger partial charge is 0.290 e. The van der Waals surface area contributed by atoms with Gasteiger partial charge in [0.2, 0.25) is 0 Å². The van der Waals surface area contributed by atoms with E-state index in [4.69, 9.17) is 9.15 Å². The second kappa shape index (κ2) is 9.94. The fourth-order valence-electron chi connectivity index (χ4n) is 4.46. The molecule has 0 saturated heterocycles. The molecule has 33 heavy (non-hydrogen) atoms. The number of hydrogen-bond acceptors (Lipinski definition) is 4. The van der Waals surface area contributed by atoms with Crippen LogP contribution in [0.5, 0.6) is 5.75 Å². The lowest BCUT2D eigenvalue weighted by molar-refractivity contribution is -0.132. The van der Waals surface area contributed by atoms with E-state index < -0.39 is 0 Å². The highest BCUT2D eigenvalue weighted by Crippen LogP contribution is 2.38. The Morgan fingerprint density at radius 3 is 2.61 bits per heavy atom. The van der Waals surface area contributed by atoms with E-state index in [0.29, 0.717) is 31.1 Å². The van der Waals surface area contributed by atoms with E-state index in [1.165, 1.54) is 11.8 Å². The van der Waals surface area contributed by atoms with Crippen LogP contribution in [0, 0.1) is 6.92 Å². The van der Waals surface area contributed by atoms with Crippen molar-refractivity contribution in [3.63, 3.8) is 0 Å². The highest BCUT2D eigenvalue weighted by Gasteiger charge is 2.34. The summed E-state index contributed by atoms with van der Waals surface area (Å²) in [7, 11) is 0. The number of benzene rings is 2. The second-order valence-corrected chi connectivity index (χ2v) is 8.26. The number of rotatable bonds is 7. The molecule has 0 saturated carbocycles. The average molecular weight is 447 g/mol. The maximum atomic E-state index is 13.3. The number of aryl methyl sites for hydroxylation is 1. The molecular formula is C27H30N2O4. The largest absolute Gasteiger partial charge is 0.484 e. The van der Waals surface area contributed by atoms with E-state index >= 15 is 0 Å². The molecule has 2 heterocycles. The third kappa shape index (κ3) is 4.80. The Bertz CT molecular complexity index is 1120. The average Bonchev–Trinajstić information content (AvgIpc) is 3.37. The molecular weight excluding hydrogens is 416 g/mol. The summed E-state index contributed by atoms with van der Waals surface area (Å²) >= 11 is 0. The van der Waals surface area contributed by atoms with Crippen molar-refractivity contribution in [2.75, 3.05) is 26.2 Å². The number of amides is 2. The molecule has 172 valence electrons. The summed E-state index contributed by atoms with van der Waals surface area (Å²) in [6, 6.07) is 17.3. The van der Waals surface area contributed by atoms with Gasteiger partial charge in [-0.25, -0.2) is 0 Å². The van der Waals surface area contributed by atoms with Gasteiger partial charge in [0.05, 0.1) is 12.3 Å². The number of hydrogen-bond donors (Lipinski definition) is 0. The normalized spacial score (nSPS) is 15.1. The number of fused-ring (bicyclic) bond motifs is 1. The fourth-order valence-corrected chi connectivity index (χ4v) is 4.46. The topological polar surface area (TPSA) is 63.0 Å². The molecule has 0 N–H and O–H groups in total. The summed E-state index contributed by atoms with van der Waals surface area (Å²) < 4.78 is 11.3. The van der Waals surface area contributed by atoms with Crippen LogP contribution in [0.25, 0.3) is 0 Å². The molecule has 0 bridgehead atoms. The highest BCUT2D eigenvalue weighted by atomic mass is 16.5. The zero-order valence-electron chi connectivity index (χ0n) is 19.4. The molecule has 1 aromatic heterocycles. The Kier molecular flexibility index (Phi) is 6.82. The van der Waals surface area contributed by atoms with Crippen LogP contribution >= 0.6 is 0 Å². The van der Waals surface area contributed by atoms with Crippen LogP contribution in [0.3, 0.4) is 0 Å². The van der Waals surface area contributed by atoms with Crippen LogP contribution in [-0.2, 0) is 11.2 Å². The molecule has 0 fully saturated rings. The van der Waals surface area contributed by atoms with Crippen molar-refractivity contribution in [3.05, 3.63) is 88.9 Å². The predicted molar refractivity (Wildman–Crippen MR) is 126 cm³/mol. The van der Waals surface area contributed by atoms with E-state index in [0.717, 1.165) is 23.1 Å². The van der Waals surface area contributed by atoms with Gasteiger partial charge in [-0.1, -0.05) is 35.9 Å². The summed E-state index contributed by atoms with van der Waals surface area (Å²) in [6.45, 7) is 7.85. The van der Waals surface area contributed by atoms with Crippen LogP contribution in [0.1, 0.15) is 52.7 Å². The minimum absolute atomic E-state index is 0.00931. The van der Waals surface area contributed by atoms with Crippen LogP contribution in [0.4, 0.5) is 0 Å². The molecule has 6 heteroatoms. The van der Waals surface area contributed by atoms with E-state index in [2.05, 4.69) is 6.07 Å². The van der Waals surface area contributed by atoms with Crippen LogP contribution in [-0.4, -0.2) is 47.9 Å². The van der Waals surface area contributed by atoms with Crippen molar-refractivity contribution in [2.45, 2.75) is 33.2 Å². The van der Waals surface area contributed by atoms with E-state index in [1.807, 2.05) is 62.1 Å². The van der Waals surface area contributed by atoms with Gasteiger partial charge in [0, 0.05) is 19.6 Å². The molecule has 0 radical (unpaired) electrons. The van der Waals surface area contributed by atoms with Gasteiger partial charge in [-0.05, 0) is 68.1 Å². The monoisotopic (exact) mass is 446 g/mol. The van der Waals surface area contributed by atoms with Crippen molar-refractivity contribution in [2.24, 2.45) is 0 Å². The van der Waals surface area contributed by atoms with Crippen LogP contribution < -0.4 is 4.74 Å². The van der Waals surface area contributed by atoms with Gasteiger partial charge in [-0.2, -0.15) is 0 Å². The quantitative estimate of drug-likeness (QED) is 0.531. The first kappa shape index (κ1) is 22.6. The zero-order valence-corrected chi connectivity index (χ0v) is 19.4. The number of ether oxygens (including phenoxy) is 1. The summed E-state index contributed by atoms with van der Waals surface area (Å²) in [5.74, 6) is 0.773. The van der Waals surface area contributed by atoms with Gasteiger partial charge >= 0.3 is 0 Å². The number of carbonyl (C=O) groups is 2. The molecule has 0 spiro atoms. The van der Waals surface area contributed by atoms with Gasteiger partial charge in [0.15, 0.2) is 12.4 Å². The minimum atomic E-state index is -0.270. The summed E-state index contributed by atoms with van der Waals surface area (Å²) in [4.78, 5) is 29.3. The molecule has 4 rings (SSSR count). The van der Waals surface area contributed by atoms with Crippen molar-refractivity contribution >= 4 is 11.8 Å². The first-order valence-corrected chi connectivity index (χ1v) is 11.5. The van der Waals surface area contributed by atoms with Crippen molar-refractivity contribution in [1.82, 2.24) is 9.80 Å². The lowest BCUT2D eigenvalue weighted by Crippen LogP contribution is -2.40. The standard InChI is InChI=1S/C27H30N2O4/c1-4-28(5-2)25(30)18-33-22-12-11-20-13-14-29(27(31)24-10-7-15-32-24)26(23(20)17-22)21-9-6-8-19(3)16-21/h6-12,15-17,26H,4-5,13-14,18H2,1-3H3. The van der Waals surface area contributed by atoms with Gasteiger partial charge in [0.1, 0.15) is 5.75 Å². The molecule has 1 atom stereocenters. The maximum absolute atomic E-state index is 13.3. The molecule has 1 aliphatic rings. The Hall–Kier alpha value is -3.54. The lowest BCUT2D eigenvalue weighted by Gasteiger charge is -2.37. The van der Waals surface area contributed by atoms with E-state index in [-0.39, 0.29) is 24.5 Å². The Balaban J connectivity index is 1.68. The maximum Gasteiger partial charge on any atom is 0.290 e. The molecule has 6 nitrogen and oxygen atoms in total. The highest BCUT2D eigenvalue weighted by molar-refractivity contribution is 5.92. The van der Waals surface area contributed by atoms with Crippen molar-refractivity contribution < 1.29 is 18.7 Å². The third-order valence-corrected chi connectivity index (χ3v) is 6.17. The van der Waals surface area contributed by atoms with Crippen LogP contribution in [0.2, 0.25) is 0 Å². The SMILES string of the molecule is CCN(CC)C(=O)COc1ccc2c(c1)C(c1cccc(C)c1)N(C(=O)c1ccco1)CC2. The molecule has 3 aromatic rings. The van der Waals surface area contributed by atoms with E-state index in [1.54, 1.807) is 17.0 Å². The summed E-state index contributed by atoms with van der Waals surface area (Å²) in [5.41, 5.74) is 4.35. The number of carbonyl (C=O) groups excluding carboxylic acids is 2. The molecule has 1 unspecified atom stereocenters. The van der Waals surface area contributed by atoms with Crippen molar-refractivity contribution in [3.8, 4) is 5.75 Å². The summed E-state index contributed by atoms with van der Waals surface area (Å²) in [6.07, 6.45) is 2.26. The number of nitrogens with zero attached hydrogens (tertiary/aromatic N) is 2. The van der Waals surface area contributed by atoms with Crippen molar-refractivity contribution in [1.29, 1.82) is 0 Å². The fraction of sp³-hybridized carbons (Fsp3) is 0.333. The van der Waals surface area contributed by atoms with E-state index in [9.17, 15) is 9.59 Å². The van der Waals surface area contributed by atoms with Gasteiger partial charge in [-0.3, -0.25) is 9.59 Å². The number of likely N-dealkylation sites (N-methyl/N-ethyl adjacent to an activating group) is 1. The first-order chi connectivity index (χ1) is 16.0. The Labute approximate surface area is 194 Å². The van der Waals surface area contributed by atoms with Crippen LogP contribution in [0.15, 0.2) is 65.3 Å². The summed E-state index contributed by atoms with van der Waals surface area (Å²) in [5, 5.41) is 0. The van der Waals surface area contributed by atoms with Gasteiger partial charge in [0.25, 0.3) is 11.8 Å². The molecule has 0 aliphatic carbocycles. The van der Waals surface area contributed by atoms with Gasteiger partial charge in [-0.15, -0.1) is 0 Å². The Morgan fingerprint density at radius 1 is 1.09 bits per heavy atom.